The maximum Gasteiger partial charge on any atom is 0.294 e. The summed E-state index contributed by atoms with van der Waals surface area (Å²) in [5, 5.41) is 9.15. The molecule has 0 N–H and O–H groups in total. The van der Waals surface area contributed by atoms with E-state index in [0.29, 0.717) is 0 Å². The summed E-state index contributed by atoms with van der Waals surface area (Å²) >= 11 is 0. The molecule has 0 amide bonds. The lowest BCUT2D eigenvalue weighted by molar-refractivity contribution is -0.757. The molecule has 0 spiro atoms. The smallest absolute Gasteiger partial charge is 0.294 e. The van der Waals surface area contributed by atoms with Crippen molar-refractivity contribution >= 4 is 0 Å². The Hall–Kier alpha value is -0.800. The average Bonchev–Trinajstić information content (AvgIpc) is 2.30. The first-order chi connectivity index (χ1) is 8.27. The molecule has 0 radical (unpaired) electrons. The van der Waals surface area contributed by atoms with Gasteiger partial charge in [-0.25, -0.2) is 0 Å². The summed E-state index contributed by atoms with van der Waals surface area (Å²) in [6, 6.07) is 0. The van der Waals surface area contributed by atoms with Gasteiger partial charge in [0.15, 0.2) is 0 Å². The minimum Gasteiger partial charge on any atom is -0.314 e. The largest absolute Gasteiger partial charge is 0.314 e. The molecule has 102 valence electrons. The minimum atomic E-state index is -0.712. The van der Waals surface area contributed by atoms with Gasteiger partial charge in [-0.05, 0) is 6.42 Å². The van der Waals surface area contributed by atoms with Crippen molar-refractivity contribution in [3.8, 4) is 0 Å². The van der Waals surface area contributed by atoms with Crippen molar-refractivity contribution in [1.29, 1.82) is 0 Å². The van der Waals surface area contributed by atoms with Crippen LogP contribution in [0.4, 0.5) is 0 Å². The van der Waals surface area contributed by atoms with E-state index < -0.39 is 5.09 Å². The van der Waals surface area contributed by atoms with E-state index in [1.807, 2.05) is 0 Å². The van der Waals surface area contributed by atoms with E-state index in [1.54, 1.807) is 0 Å². The zero-order valence-electron chi connectivity index (χ0n) is 11.2. The highest BCUT2D eigenvalue weighted by Crippen LogP contribution is 2.11. The van der Waals surface area contributed by atoms with Gasteiger partial charge in [-0.3, -0.25) is 0 Å². The van der Waals surface area contributed by atoms with Crippen LogP contribution in [-0.4, -0.2) is 11.7 Å². The predicted molar refractivity (Wildman–Crippen MR) is 69.4 cm³/mol. The monoisotopic (exact) mass is 245 g/mol. The van der Waals surface area contributed by atoms with E-state index in [4.69, 9.17) is 0 Å². The van der Waals surface area contributed by atoms with Crippen LogP contribution in [0.3, 0.4) is 0 Å². The summed E-state index contributed by atoms with van der Waals surface area (Å²) in [5.74, 6) is 0. The lowest BCUT2D eigenvalue weighted by Crippen LogP contribution is -2.01. The van der Waals surface area contributed by atoms with E-state index in [9.17, 15) is 10.1 Å². The van der Waals surface area contributed by atoms with E-state index in [0.717, 1.165) is 12.8 Å². The van der Waals surface area contributed by atoms with Gasteiger partial charge in [-0.2, -0.15) is 0 Å². The third-order valence-corrected chi connectivity index (χ3v) is 2.94. The van der Waals surface area contributed by atoms with Gasteiger partial charge < -0.3 is 4.84 Å². The van der Waals surface area contributed by atoms with Crippen molar-refractivity contribution < 1.29 is 9.92 Å². The topological polar surface area (TPSA) is 52.4 Å². The van der Waals surface area contributed by atoms with Crippen molar-refractivity contribution in [2.75, 3.05) is 6.61 Å². The van der Waals surface area contributed by atoms with Crippen LogP contribution in [0, 0.1) is 10.1 Å². The molecule has 0 heterocycles. The fraction of sp³-hybridized carbons (Fsp3) is 1.00. The zero-order chi connectivity index (χ0) is 12.8. The Morgan fingerprint density at radius 3 is 1.65 bits per heavy atom. The zero-order valence-corrected chi connectivity index (χ0v) is 11.2. The number of rotatable bonds is 13. The highest BCUT2D eigenvalue weighted by Gasteiger charge is 1.95. The maximum absolute atomic E-state index is 9.86. The SMILES string of the molecule is CCCCCCCCCCCCCO[N+](=O)[O-]. The molecular weight excluding hydrogens is 218 g/mol. The normalized spacial score (nSPS) is 10.4. The third-order valence-electron chi connectivity index (χ3n) is 2.94. The van der Waals surface area contributed by atoms with Crippen LogP contribution >= 0.6 is 0 Å². The number of hydrogen-bond acceptors (Lipinski definition) is 3. The van der Waals surface area contributed by atoms with E-state index in [1.165, 1.54) is 57.8 Å². The standard InChI is InChI=1S/C13H27NO3/c1-2-3-4-5-6-7-8-9-10-11-12-13-17-14(15)16/h2-13H2,1H3. The molecule has 0 aliphatic rings. The fourth-order valence-corrected chi connectivity index (χ4v) is 1.91. The van der Waals surface area contributed by atoms with Gasteiger partial charge in [0.1, 0.15) is 0 Å². The summed E-state index contributed by atoms with van der Waals surface area (Å²) in [6.45, 7) is 2.49. The van der Waals surface area contributed by atoms with E-state index in [-0.39, 0.29) is 6.61 Å². The van der Waals surface area contributed by atoms with Gasteiger partial charge in [0.2, 0.25) is 0 Å². The average molecular weight is 245 g/mol. The lowest BCUT2D eigenvalue weighted by atomic mass is 10.1. The van der Waals surface area contributed by atoms with Crippen molar-refractivity contribution in [2.24, 2.45) is 0 Å². The van der Waals surface area contributed by atoms with Gasteiger partial charge in [0.25, 0.3) is 5.09 Å². The molecule has 0 rings (SSSR count). The molecule has 0 aromatic carbocycles. The molecule has 0 atom stereocenters. The fourth-order valence-electron chi connectivity index (χ4n) is 1.91. The first kappa shape index (κ1) is 16.2. The Morgan fingerprint density at radius 1 is 0.824 bits per heavy atom. The van der Waals surface area contributed by atoms with Gasteiger partial charge in [-0.15, -0.1) is 10.1 Å². The molecule has 0 unspecified atom stereocenters. The summed E-state index contributed by atoms with van der Waals surface area (Å²) < 4.78 is 0. The molecule has 17 heavy (non-hydrogen) atoms. The Labute approximate surface area is 105 Å². The lowest BCUT2D eigenvalue weighted by Gasteiger charge is -2.02. The van der Waals surface area contributed by atoms with Crippen LogP contribution in [0.5, 0.6) is 0 Å². The molecule has 0 aliphatic heterocycles. The summed E-state index contributed by atoms with van der Waals surface area (Å²) in [4.78, 5) is 14.1. The Bertz CT molecular complexity index is 174. The Kier molecular flexibility index (Phi) is 12.6. The quantitative estimate of drug-likeness (QED) is 0.272. The van der Waals surface area contributed by atoms with Crippen LogP contribution in [0.25, 0.3) is 0 Å². The summed E-state index contributed by atoms with van der Waals surface area (Å²) in [7, 11) is 0. The molecule has 0 saturated carbocycles. The van der Waals surface area contributed by atoms with Crippen LogP contribution in [-0.2, 0) is 4.84 Å². The molecule has 0 aromatic heterocycles. The molecule has 4 heteroatoms. The minimum absolute atomic E-state index is 0.254. The van der Waals surface area contributed by atoms with Crippen LogP contribution in [0.2, 0.25) is 0 Å². The molecule has 4 nitrogen and oxygen atoms in total. The first-order valence-corrected chi connectivity index (χ1v) is 7.04. The van der Waals surface area contributed by atoms with Crippen LogP contribution in [0.1, 0.15) is 77.6 Å². The molecule has 0 bridgehead atoms. The molecule has 0 fully saturated rings. The van der Waals surface area contributed by atoms with Crippen molar-refractivity contribution in [3.63, 3.8) is 0 Å². The highest BCUT2D eigenvalue weighted by atomic mass is 16.9. The second-order valence-corrected chi connectivity index (χ2v) is 4.59. The number of hydrogen-bond donors (Lipinski definition) is 0. The van der Waals surface area contributed by atoms with Crippen LogP contribution < -0.4 is 0 Å². The first-order valence-electron chi connectivity index (χ1n) is 7.04. The number of nitrogens with zero attached hydrogens (tertiary/aromatic N) is 1. The van der Waals surface area contributed by atoms with Gasteiger partial charge >= 0.3 is 0 Å². The van der Waals surface area contributed by atoms with Gasteiger partial charge in [-0.1, -0.05) is 71.1 Å². The summed E-state index contributed by atoms with van der Waals surface area (Å²) in [5.41, 5.74) is 0. The highest BCUT2D eigenvalue weighted by molar-refractivity contribution is 4.47. The number of unbranched alkanes of at least 4 members (excludes halogenated alkanes) is 10. The predicted octanol–water partition coefficient (Wildman–Crippen LogP) is 4.51. The Balaban J connectivity index is 2.91. The molecule has 0 aromatic rings. The van der Waals surface area contributed by atoms with Crippen molar-refractivity contribution in [2.45, 2.75) is 77.6 Å². The molecular formula is C13H27NO3. The second-order valence-electron chi connectivity index (χ2n) is 4.59. The maximum atomic E-state index is 9.86. The van der Waals surface area contributed by atoms with Crippen molar-refractivity contribution in [1.82, 2.24) is 0 Å². The second kappa shape index (κ2) is 13.3. The van der Waals surface area contributed by atoms with E-state index >= 15 is 0 Å². The molecule has 0 aliphatic carbocycles. The van der Waals surface area contributed by atoms with E-state index in [2.05, 4.69) is 11.8 Å². The van der Waals surface area contributed by atoms with Gasteiger partial charge in [0.05, 0.1) is 6.61 Å². The summed E-state index contributed by atoms with van der Waals surface area (Å²) in [6.07, 6.45) is 13.7. The Morgan fingerprint density at radius 2 is 1.24 bits per heavy atom. The third kappa shape index (κ3) is 15.2. The van der Waals surface area contributed by atoms with Gasteiger partial charge in [0, 0.05) is 0 Å². The van der Waals surface area contributed by atoms with Crippen molar-refractivity contribution in [3.05, 3.63) is 10.1 Å². The molecule has 0 saturated heterocycles. The van der Waals surface area contributed by atoms with Crippen LogP contribution in [0.15, 0.2) is 0 Å².